The Morgan fingerprint density at radius 3 is 2.53 bits per heavy atom. The lowest BCUT2D eigenvalue weighted by Gasteiger charge is -2.07. The van der Waals surface area contributed by atoms with Crippen LogP contribution in [0.3, 0.4) is 0 Å². The maximum atomic E-state index is 11.5. The lowest BCUT2D eigenvalue weighted by molar-refractivity contribution is -0.117. The van der Waals surface area contributed by atoms with Crippen LogP contribution in [0.25, 0.3) is 0 Å². The van der Waals surface area contributed by atoms with Gasteiger partial charge in [0, 0.05) is 18.2 Å². The third kappa shape index (κ3) is 4.24. The Bertz CT molecular complexity index is 363. The minimum Gasteiger partial charge on any atom is -0.492 e. The molecule has 0 bridgehead atoms. The summed E-state index contributed by atoms with van der Waals surface area (Å²) in [5.41, 5.74) is 6.15. The van der Waals surface area contributed by atoms with E-state index in [0.717, 1.165) is 24.3 Å². The number of hydrogen-bond acceptors (Lipinski definition) is 3. The van der Waals surface area contributed by atoms with Crippen LogP contribution in [0.5, 0.6) is 5.75 Å². The molecule has 0 heterocycles. The summed E-state index contributed by atoms with van der Waals surface area (Å²) in [5.74, 6) is 1.12. The molecule has 4 nitrogen and oxygen atoms in total. The molecule has 1 aromatic carbocycles. The van der Waals surface area contributed by atoms with Crippen LogP contribution < -0.4 is 15.8 Å². The monoisotopic (exact) mass is 256 g/mol. The zero-order chi connectivity index (χ0) is 11.4. The van der Waals surface area contributed by atoms with Gasteiger partial charge >= 0.3 is 0 Å². The molecule has 2 rings (SSSR count). The second kappa shape index (κ2) is 6.47. The van der Waals surface area contributed by atoms with Gasteiger partial charge in [0.15, 0.2) is 0 Å². The standard InChI is InChI=1S/C12H16N2O2.ClH/c13-7-8-16-11-5-3-10(4-6-11)14-12(15)9-1-2-9;/h3-6,9H,1-2,7-8,13H2,(H,14,15);1H. The SMILES string of the molecule is Cl.NCCOc1ccc(NC(=O)C2CC2)cc1. The predicted octanol–water partition coefficient (Wildman–Crippen LogP) is 1.79. The van der Waals surface area contributed by atoms with Crippen molar-refractivity contribution >= 4 is 24.0 Å². The number of ether oxygens (including phenoxy) is 1. The summed E-state index contributed by atoms with van der Waals surface area (Å²) >= 11 is 0. The molecule has 3 N–H and O–H groups in total. The zero-order valence-corrected chi connectivity index (χ0v) is 10.3. The Morgan fingerprint density at radius 1 is 1.35 bits per heavy atom. The van der Waals surface area contributed by atoms with Crippen molar-refractivity contribution in [3.8, 4) is 5.75 Å². The maximum absolute atomic E-state index is 11.5. The summed E-state index contributed by atoms with van der Waals surface area (Å²) in [6.45, 7) is 1.01. The summed E-state index contributed by atoms with van der Waals surface area (Å²) in [7, 11) is 0. The van der Waals surface area contributed by atoms with Crippen LogP contribution in [-0.4, -0.2) is 19.1 Å². The second-order valence-corrected chi connectivity index (χ2v) is 3.93. The number of nitrogens with two attached hydrogens (primary N) is 1. The molecule has 0 atom stereocenters. The first kappa shape index (κ1) is 13.8. The van der Waals surface area contributed by atoms with E-state index in [1.54, 1.807) is 0 Å². The lowest BCUT2D eigenvalue weighted by Crippen LogP contribution is -2.13. The highest BCUT2D eigenvalue weighted by Crippen LogP contribution is 2.30. The van der Waals surface area contributed by atoms with Gasteiger partial charge in [-0.05, 0) is 37.1 Å². The fraction of sp³-hybridized carbons (Fsp3) is 0.417. The molecule has 5 heteroatoms. The van der Waals surface area contributed by atoms with Crippen molar-refractivity contribution in [3.63, 3.8) is 0 Å². The molecule has 0 aliphatic heterocycles. The van der Waals surface area contributed by atoms with Gasteiger partial charge in [-0.15, -0.1) is 12.4 Å². The minimum absolute atomic E-state index is 0. The second-order valence-electron chi connectivity index (χ2n) is 3.93. The molecule has 1 aliphatic rings. The lowest BCUT2D eigenvalue weighted by atomic mass is 10.3. The molecule has 0 aromatic heterocycles. The van der Waals surface area contributed by atoms with Crippen LogP contribution in [0.2, 0.25) is 0 Å². The first-order valence-electron chi connectivity index (χ1n) is 5.53. The van der Waals surface area contributed by atoms with Gasteiger partial charge in [0.25, 0.3) is 0 Å². The quantitative estimate of drug-likeness (QED) is 0.844. The van der Waals surface area contributed by atoms with Gasteiger partial charge < -0.3 is 15.8 Å². The number of benzene rings is 1. The molecule has 1 aliphatic carbocycles. The molecule has 94 valence electrons. The fourth-order valence-electron chi connectivity index (χ4n) is 1.40. The molecule has 1 saturated carbocycles. The number of rotatable bonds is 5. The fourth-order valence-corrected chi connectivity index (χ4v) is 1.40. The smallest absolute Gasteiger partial charge is 0.227 e. The molecule has 1 fully saturated rings. The Morgan fingerprint density at radius 2 is 2.00 bits per heavy atom. The maximum Gasteiger partial charge on any atom is 0.227 e. The summed E-state index contributed by atoms with van der Waals surface area (Å²) < 4.78 is 5.34. The number of halogens is 1. The van der Waals surface area contributed by atoms with Crippen molar-refractivity contribution < 1.29 is 9.53 Å². The number of amides is 1. The molecular formula is C12H17ClN2O2. The van der Waals surface area contributed by atoms with Crippen LogP contribution in [0.1, 0.15) is 12.8 Å². The number of anilines is 1. The Labute approximate surface area is 107 Å². The largest absolute Gasteiger partial charge is 0.492 e. The van der Waals surface area contributed by atoms with Gasteiger partial charge in [0.2, 0.25) is 5.91 Å². The number of hydrogen-bond donors (Lipinski definition) is 2. The van der Waals surface area contributed by atoms with Crippen LogP contribution in [0, 0.1) is 5.92 Å². The molecule has 1 amide bonds. The van der Waals surface area contributed by atoms with Gasteiger partial charge in [-0.1, -0.05) is 0 Å². The van der Waals surface area contributed by atoms with E-state index in [-0.39, 0.29) is 24.2 Å². The van der Waals surface area contributed by atoms with Crippen molar-refractivity contribution in [2.24, 2.45) is 11.7 Å². The molecule has 0 radical (unpaired) electrons. The van der Waals surface area contributed by atoms with Gasteiger partial charge in [0.05, 0.1) is 0 Å². The number of carbonyl (C=O) groups is 1. The topological polar surface area (TPSA) is 64.3 Å². The van der Waals surface area contributed by atoms with Gasteiger partial charge in [-0.3, -0.25) is 4.79 Å². The Balaban J connectivity index is 0.00000144. The first-order chi connectivity index (χ1) is 7.79. The van der Waals surface area contributed by atoms with Crippen molar-refractivity contribution in [1.82, 2.24) is 0 Å². The number of nitrogens with one attached hydrogen (secondary N) is 1. The average Bonchev–Trinajstić information content (AvgIpc) is 3.12. The summed E-state index contributed by atoms with van der Waals surface area (Å²) in [6.07, 6.45) is 2.03. The first-order valence-corrected chi connectivity index (χ1v) is 5.53. The third-order valence-corrected chi connectivity index (χ3v) is 2.46. The van der Waals surface area contributed by atoms with E-state index in [9.17, 15) is 4.79 Å². The summed E-state index contributed by atoms with van der Waals surface area (Å²) in [4.78, 5) is 11.5. The molecule has 0 unspecified atom stereocenters. The van der Waals surface area contributed by atoms with Crippen molar-refractivity contribution in [3.05, 3.63) is 24.3 Å². The van der Waals surface area contributed by atoms with Crippen LogP contribution in [0.4, 0.5) is 5.69 Å². The van der Waals surface area contributed by atoms with E-state index >= 15 is 0 Å². The molecular weight excluding hydrogens is 240 g/mol. The van der Waals surface area contributed by atoms with E-state index in [4.69, 9.17) is 10.5 Å². The third-order valence-electron chi connectivity index (χ3n) is 2.46. The van der Waals surface area contributed by atoms with Crippen molar-refractivity contribution in [1.29, 1.82) is 0 Å². The van der Waals surface area contributed by atoms with E-state index < -0.39 is 0 Å². The van der Waals surface area contributed by atoms with Gasteiger partial charge in [0.1, 0.15) is 12.4 Å². The molecule has 17 heavy (non-hydrogen) atoms. The van der Waals surface area contributed by atoms with E-state index in [2.05, 4.69) is 5.32 Å². The van der Waals surface area contributed by atoms with E-state index in [0.29, 0.717) is 13.2 Å². The highest BCUT2D eigenvalue weighted by Gasteiger charge is 2.29. The van der Waals surface area contributed by atoms with Gasteiger partial charge in [-0.25, -0.2) is 0 Å². The number of carbonyl (C=O) groups excluding carboxylic acids is 1. The summed E-state index contributed by atoms with van der Waals surface area (Å²) in [5, 5.41) is 2.87. The summed E-state index contributed by atoms with van der Waals surface area (Å²) in [6, 6.07) is 7.34. The van der Waals surface area contributed by atoms with E-state index in [1.807, 2.05) is 24.3 Å². The van der Waals surface area contributed by atoms with E-state index in [1.165, 1.54) is 0 Å². The normalized spacial score (nSPS) is 13.7. The molecule has 0 spiro atoms. The predicted molar refractivity (Wildman–Crippen MR) is 69.6 cm³/mol. The Kier molecular flexibility index (Phi) is 5.25. The Hall–Kier alpha value is -1.26. The zero-order valence-electron chi connectivity index (χ0n) is 9.52. The highest BCUT2D eigenvalue weighted by molar-refractivity contribution is 5.94. The van der Waals surface area contributed by atoms with Crippen LogP contribution in [0.15, 0.2) is 24.3 Å². The molecule has 1 aromatic rings. The average molecular weight is 257 g/mol. The van der Waals surface area contributed by atoms with Crippen LogP contribution in [-0.2, 0) is 4.79 Å². The molecule has 0 saturated heterocycles. The van der Waals surface area contributed by atoms with Gasteiger partial charge in [-0.2, -0.15) is 0 Å². The van der Waals surface area contributed by atoms with Crippen molar-refractivity contribution in [2.45, 2.75) is 12.8 Å². The van der Waals surface area contributed by atoms with Crippen LogP contribution >= 0.6 is 12.4 Å². The highest BCUT2D eigenvalue weighted by atomic mass is 35.5. The minimum atomic E-state index is 0. The van der Waals surface area contributed by atoms with Crippen molar-refractivity contribution in [2.75, 3.05) is 18.5 Å².